The van der Waals surface area contributed by atoms with E-state index in [1.165, 1.54) is 14.0 Å². The van der Waals surface area contributed by atoms with Crippen molar-refractivity contribution in [2.24, 2.45) is 0 Å². The molecule has 0 aliphatic rings. The number of carbonyl (C=O) groups excluding carboxylic acids is 2. The van der Waals surface area contributed by atoms with E-state index >= 15 is 0 Å². The number of ether oxygens (including phenoxy) is 2. The SMILES string of the molecule is COC(=O)[C@H](C)OC(=O)Cl. The highest BCUT2D eigenvalue weighted by atomic mass is 35.5. The van der Waals surface area contributed by atoms with Crippen molar-refractivity contribution in [1.82, 2.24) is 0 Å². The summed E-state index contributed by atoms with van der Waals surface area (Å²) in [7, 11) is 1.20. The van der Waals surface area contributed by atoms with E-state index in [1.54, 1.807) is 0 Å². The molecule has 0 N–H and O–H groups in total. The van der Waals surface area contributed by atoms with Crippen LogP contribution in [-0.4, -0.2) is 24.6 Å². The van der Waals surface area contributed by atoms with Gasteiger partial charge in [-0.25, -0.2) is 9.59 Å². The average Bonchev–Trinajstić information content (AvgIpc) is 1.85. The molecule has 0 aromatic heterocycles. The average molecular weight is 167 g/mol. The molecule has 10 heavy (non-hydrogen) atoms. The van der Waals surface area contributed by atoms with Gasteiger partial charge in [-0.1, -0.05) is 0 Å². The third kappa shape index (κ3) is 3.29. The second-order valence-electron chi connectivity index (χ2n) is 1.52. The molecule has 0 fully saturated rings. The first-order chi connectivity index (χ1) is 4.57. The lowest BCUT2D eigenvalue weighted by molar-refractivity contribution is -0.149. The third-order valence-electron chi connectivity index (χ3n) is 0.803. The third-order valence-corrected chi connectivity index (χ3v) is 0.892. The Morgan fingerprint density at radius 1 is 1.50 bits per heavy atom. The lowest BCUT2D eigenvalue weighted by atomic mass is 10.4. The number of hydrogen-bond acceptors (Lipinski definition) is 4. The van der Waals surface area contributed by atoms with Gasteiger partial charge in [-0.2, -0.15) is 0 Å². The first-order valence-corrected chi connectivity index (χ1v) is 2.89. The monoisotopic (exact) mass is 166 g/mol. The van der Waals surface area contributed by atoms with Crippen molar-refractivity contribution >= 4 is 23.0 Å². The fourth-order valence-corrected chi connectivity index (χ4v) is 0.487. The molecule has 0 saturated carbocycles. The molecule has 0 aliphatic carbocycles. The molecule has 0 heterocycles. The highest BCUT2D eigenvalue weighted by Crippen LogP contribution is 1.97. The van der Waals surface area contributed by atoms with Gasteiger partial charge in [-0.3, -0.25) is 0 Å². The predicted octanol–water partition coefficient (Wildman–Crippen LogP) is 0.923. The van der Waals surface area contributed by atoms with Crippen LogP contribution in [0.3, 0.4) is 0 Å². The Hall–Kier alpha value is -0.770. The van der Waals surface area contributed by atoms with E-state index in [-0.39, 0.29) is 0 Å². The Morgan fingerprint density at radius 2 is 2.00 bits per heavy atom. The minimum absolute atomic E-state index is 0.631. The van der Waals surface area contributed by atoms with Gasteiger partial charge in [0.2, 0.25) is 0 Å². The van der Waals surface area contributed by atoms with Crippen LogP contribution >= 0.6 is 11.6 Å². The normalized spacial score (nSPS) is 11.9. The van der Waals surface area contributed by atoms with Gasteiger partial charge >= 0.3 is 11.4 Å². The molecule has 58 valence electrons. The van der Waals surface area contributed by atoms with E-state index in [4.69, 9.17) is 11.6 Å². The van der Waals surface area contributed by atoms with Crippen LogP contribution < -0.4 is 0 Å². The Bertz CT molecular complexity index is 145. The van der Waals surface area contributed by atoms with Crippen molar-refractivity contribution in [1.29, 1.82) is 0 Å². The number of halogens is 1. The van der Waals surface area contributed by atoms with Crippen LogP contribution in [0.4, 0.5) is 4.79 Å². The predicted molar refractivity (Wildman–Crippen MR) is 33.8 cm³/mol. The summed E-state index contributed by atoms with van der Waals surface area (Å²) in [4.78, 5) is 20.5. The maximum Gasteiger partial charge on any atom is 0.404 e. The smallest absolute Gasteiger partial charge is 0.404 e. The summed E-state index contributed by atoms with van der Waals surface area (Å²) in [6.07, 6.45) is -0.935. The Labute approximate surface area is 63.1 Å². The van der Waals surface area contributed by atoms with Crippen molar-refractivity contribution < 1.29 is 19.1 Å². The molecule has 0 aliphatic heterocycles. The number of hydrogen-bond donors (Lipinski definition) is 0. The Kier molecular flexibility index (Phi) is 3.79. The summed E-state index contributed by atoms with van der Waals surface area (Å²) >= 11 is 4.80. The van der Waals surface area contributed by atoms with Gasteiger partial charge in [0.05, 0.1) is 7.11 Å². The number of carbonyl (C=O) groups is 2. The van der Waals surface area contributed by atoms with Crippen molar-refractivity contribution in [2.45, 2.75) is 13.0 Å². The zero-order chi connectivity index (χ0) is 8.15. The highest BCUT2D eigenvalue weighted by molar-refractivity contribution is 6.61. The van der Waals surface area contributed by atoms with E-state index in [2.05, 4.69) is 9.47 Å². The zero-order valence-corrected chi connectivity index (χ0v) is 6.34. The molecule has 0 aromatic carbocycles. The van der Waals surface area contributed by atoms with Gasteiger partial charge in [0, 0.05) is 11.6 Å². The number of methoxy groups -OCH3 is 1. The standard InChI is InChI=1S/C5H7ClO4/c1-3(4(7)9-2)10-5(6)8/h3H,1-2H3/t3-/m0/s1. The molecule has 0 unspecified atom stereocenters. The van der Waals surface area contributed by atoms with Crippen LogP contribution in [0.25, 0.3) is 0 Å². The summed E-state index contributed by atoms with van der Waals surface area (Å²) in [5.74, 6) is -0.631. The van der Waals surface area contributed by atoms with E-state index in [1.807, 2.05) is 0 Å². The number of esters is 1. The molecule has 4 nitrogen and oxygen atoms in total. The minimum Gasteiger partial charge on any atom is -0.466 e. The van der Waals surface area contributed by atoms with Gasteiger partial charge in [0.25, 0.3) is 0 Å². The quantitative estimate of drug-likeness (QED) is 0.452. The van der Waals surface area contributed by atoms with Crippen LogP contribution in [0.1, 0.15) is 6.92 Å². The summed E-state index contributed by atoms with van der Waals surface area (Å²) in [5, 5.41) is 0. The van der Waals surface area contributed by atoms with Gasteiger partial charge in [-0.15, -0.1) is 0 Å². The fraction of sp³-hybridized carbons (Fsp3) is 0.600. The van der Waals surface area contributed by atoms with Crippen molar-refractivity contribution in [2.75, 3.05) is 7.11 Å². The van der Waals surface area contributed by atoms with Gasteiger partial charge in [0.15, 0.2) is 6.10 Å². The molecule has 0 rings (SSSR count). The molecular weight excluding hydrogens is 160 g/mol. The second kappa shape index (κ2) is 4.11. The first kappa shape index (κ1) is 9.23. The molecule has 1 atom stereocenters. The maximum atomic E-state index is 10.5. The Morgan fingerprint density at radius 3 is 2.30 bits per heavy atom. The molecular formula is C5H7ClO4. The molecule has 0 spiro atoms. The van der Waals surface area contributed by atoms with Gasteiger partial charge < -0.3 is 9.47 Å². The van der Waals surface area contributed by atoms with E-state index < -0.39 is 17.5 Å². The Balaban J connectivity index is 3.72. The van der Waals surface area contributed by atoms with Crippen molar-refractivity contribution in [3.63, 3.8) is 0 Å². The maximum absolute atomic E-state index is 10.5. The lowest BCUT2D eigenvalue weighted by Gasteiger charge is -2.06. The van der Waals surface area contributed by atoms with Crippen LogP contribution in [0.5, 0.6) is 0 Å². The fourth-order valence-electron chi connectivity index (χ4n) is 0.353. The molecule has 0 amide bonds. The second-order valence-corrected chi connectivity index (χ2v) is 1.83. The molecule has 0 aromatic rings. The molecule has 0 saturated heterocycles. The van der Waals surface area contributed by atoms with E-state index in [0.717, 1.165) is 0 Å². The first-order valence-electron chi connectivity index (χ1n) is 2.52. The zero-order valence-electron chi connectivity index (χ0n) is 5.59. The van der Waals surface area contributed by atoms with Crippen LogP contribution in [-0.2, 0) is 14.3 Å². The van der Waals surface area contributed by atoms with Crippen LogP contribution in [0.15, 0.2) is 0 Å². The van der Waals surface area contributed by atoms with Crippen LogP contribution in [0, 0.1) is 0 Å². The lowest BCUT2D eigenvalue weighted by Crippen LogP contribution is -2.22. The van der Waals surface area contributed by atoms with Gasteiger partial charge in [0.1, 0.15) is 0 Å². The topological polar surface area (TPSA) is 52.6 Å². The molecule has 0 bridgehead atoms. The highest BCUT2D eigenvalue weighted by Gasteiger charge is 2.15. The molecule has 5 heteroatoms. The van der Waals surface area contributed by atoms with Crippen molar-refractivity contribution in [3.8, 4) is 0 Å². The minimum atomic E-state index is -1.02. The summed E-state index contributed by atoms with van der Waals surface area (Å²) in [5.41, 5.74) is -1.02. The van der Waals surface area contributed by atoms with Crippen LogP contribution in [0.2, 0.25) is 0 Å². The number of rotatable bonds is 2. The summed E-state index contributed by atoms with van der Waals surface area (Å²) < 4.78 is 8.49. The molecule has 0 radical (unpaired) electrons. The summed E-state index contributed by atoms with van der Waals surface area (Å²) in [6, 6.07) is 0. The van der Waals surface area contributed by atoms with Crippen molar-refractivity contribution in [3.05, 3.63) is 0 Å². The summed E-state index contributed by atoms with van der Waals surface area (Å²) in [6.45, 7) is 1.37. The van der Waals surface area contributed by atoms with Gasteiger partial charge in [-0.05, 0) is 6.92 Å². The van der Waals surface area contributed by atoms with E-state index in [0.29, 0.717) is 0 Å². The van der Waals surface area contributed by atoms with E-state index in [9.17, 15) is 9.59 Å². The largest absolute Gasteiger partial charge is 0.466 e.